The van der Waals surface area contributed by atoms with Crippen molar-refractivity contribution in [1.29, 1.82) is 0 Å². The molecule has 0 spiro atoms. The van der Waals surface area contributed by atoms with Crippen LogP contribution < -0.4 is 5.73 Å². The van der Waals surface area contributed by atoms with Gasteiger partial charge in [-0.1, -0.05) is 12.1 Å². The van der Waals surface area contributed by atoms with E-state index in [1.807, 2.05) is 0 Å². The van der Waals surface area contributed by atoms with E-state index in [0.717, 1.165) is 11.3 Å². The van der Waals surface area contributed by atoms with Crippen molar-refractivity contribution in [3.8, 4) is 0 Å². The van der Waals surface area contributed by atoms with E-state index in [1.54, 1.807) is 0 Å². The third-order valence-electron chi connectivity index (χ3n) is 3.44. The summed E-state index contributed by atoms with van der Waals surface area (Å²) in [6, 6.07) is 5.83. The molecule has 1 aliphatic rings. The van der Waals surface area contributed by atoms with E-state index in [0.29, 0.717) is 5.56 Å². The van der Waals surface area contributed by atoms with Crippen LogP contribution in [-0.2, 0) is 24.2 Å². The summed E-state index contributed by atoms with van der Waals surface area (Å²) in [6.07, 6.45) is 1.10. The van der Waals surface area contributed by atoms with Gasteiger partial charge in [-0.2, -0.15) is 5.10 Å². The van der Waals surface area contributed by atoms with Gasteiger partial charge in [-0.05, 0) is 19.1 Å². The molecule has 2 N–H and O–H groups in total. The Morgan fingerprint density at radius 3 is 2.39 bits per heavy atom. The zero-order valence-electron chi connectivity index (χ0n) is 12.9. The number of amides is 1. The van der Waals surface area contributed by atoms with Crippen LogP contribution >= 0.6 is 0 Å². The van der Waals surface area contributed by atoms with E-state index >= 15 is 0 Å². The van der Waals surface area contributed by atoms with E-state index in [9.17, 15) is 18.0 Å². The molecule has 9 heteroatoms. The molecule has 1 aromatic rings. The van der Waals surface area contributed by atoms with Crippen LogP contribution in [0.5, 0.6) is 0 Å². The Hall–Kier alpha value is -2.26. The number of sulfone groups is 1. The van der Waals surface area contributed by atoms with E-state index in [1.165, 1.54) is 38.2 Å². The van der Waals surface area contributed by atoms with Crippen molar-refractivity contribution in [1.82, 2.24) is 5.01 Å². The quantitative estimate of drug-likeness (QED) is 0.741. The first kappa shape index (κ1) is 17.1. The average Bonchev–Trinajstić information content (AvgIpc) is 2.71. The van der Waals surface area contributed by atoms with E-state index in [2.05, 4.69) is 5.10 Å². The fourth-order valence-electron chi connectivity index (χ4n) is 2.26. The van der Waals surface area contributed by atoms with Gasteiger partial charge in [0.2, 0.25) is 5.60 Å². The number of hydrogen-bond acceptors (Lipinski definition) is 7. The second-order valence-electron chi connectivity index (χ2n) is 5.29. The number of likely N-dealkylation sites (N-methyl/N-ethyl adjacent to an activating group) is 1. The summed E-state index contributed by atoms with van der Waals surface area (Å²) in [5.74, 6) is -1.25. The largest absolute Gasteiger partial charge is 0.441 e. The number of benzene rings is 1. The van der Waals surface area contributed by atoms with Crippen molar-refractivity contribution in [3.05, 3.63) is 29.8 Å². The van der Waals surface area contributed by atoms with Crippen molar-refractivity contribution in [2.75, 3.05) is 19.8 Å². The van der Waals surface area contributed by atoms with Crippen LogP contribution in [0.15, 0.2) is 34.3 Å². The summed E-state index contributed by atoms with van der Waals surface area (Å²) in [5, 5.41) is 5.18. The van der Waals surface area contributed by atoms with Gasteiger partial charge in [-0.3, -0.25) is 9.59 Å². The molecule has 1 amide bonds. The maximum atomic E-state index is 12.3. The number of ether oxygens (including phenoxy) is 1. The first-order valence-electron chi connectivity index (χ1n) is 6.69. The van der Waals surface area contributed by atoms with Gasteiger partial charge in [0.15, 0.2) is 9.84 Å². The fraction of sp³-hybridized carbons (Fsp3) is 0.357. The second-order valence-corrected chi connectivity index (χ2v) is 7.30. The SMILES string of the molecule is CN1N=C(c2ccc(S(C)(=O)=O)cc2)C(C)(OC(=O)CN)C1=O. The predicted octanol–water partition coefficient (Wildman–Crippen LogP) is -0.473. The van der Waals surface area contributed by atoms with Crippen molar-refractivity contribution >= 4 is 27.4 Å². The lowest BCUT2D eigenvalue weighted by Crippen LogP contribution is -2.48. The van der Waals surface area contributed by atoms with Gasteiger partial charge in [-0.15, -0.1) is 0 Å². The highest BCUT2D eigenvalue weighted by Crippen LogP contribution is 2.28. The van der Waals surface area contributed by atoms with E-state index in [4.69, 9.17) is 10.5 Å². The number of carbonyl (C=O) groups is 2. The second kappa shape index (κ2) is 5.74. The molecule has 0 bridgehead atoms. The van der Waals surface area contributed by atoms with Crippen molar-refractivity contribution in [3.63, 3.8) is 0 Å². The Kier molecular flexibility index (Phi) is 4.27. The number of rotatable bonds is 4. The molecule has 0 fully saturated rings. The summed E-state index contributed by atoms with van der Waals surface area (Å²) in [5.41, 5.74) is 4.32. The molecule has 0 saturated heterocycles. The van der Waals surface area contributed by atoms with Crippen LogP contribution in [0.2, 0.25) is 0 Å². The Labute approximate surface area is 133 Å². The molecule has 1 atom stereocenters. The molecule has 1 aromatic carbocycles. The zero-order chi connectivity index (χ0) is 17.4. The van der Waals surface area contributed by atoms with Gasteiger partial charge < -0.3 is 10.5 Å². The summed E-state index contributed by atoms with van der Waals surface area (Å²) in [6.45, 7) is 1.06. The van der Waals surface area contributed by atoms with E-state index in [-0.39, 0.29) is 17.2 Å². The smallest absolute Gasteiger partial charge is 0.321 e. The van der Waals surface area contributed by atoms with Crippen LogP contribution in [0.1, 0.15) is 12.5 Å². The molecule has 1 heterocycles. The van der Waals surface area contributed by atoms with Gasteiger partial charge in [0.1, 0.15) is 5.71 Å². The lowest BCUT2D eigenvalue weighted by molar-refractivity contribution is -0.160. The molecular formula is C14H17N3O5S. The average molecular weight is 339 g/mol. The molecule has 23 heavy (non-hydrogen) atoms. The summed E-state index contributed by atoms with van der Waals surface area (Å²) >= 11 is 0. The van der Waals surface area contributed by atoms with Crippen LogP contribution in [0.25, 0.3) is 0 Å². The highest BCUT2D eigenvalue weighted by Gasteiger charge is 2.50. The van der Waals surface area contributed by atoms with Gasteiger partial charge in [0.25, 0.3) is 5.91 Å². The standard InChI is InChI=1S/C14H17N3O5S/c1-14(22-11(18)8-15)12(16-17(2)13(14)19)9-4-6-10(7-5-9)23(3,20)21/h4-7H,8,15H2,1-3H3. The molecule has 0 aromatic heterocycles. The van der Waals surface area contributed by atoms with Gasteiger partial charge in [-0.25, -0.2) is 13.4 Å². The number of nitrogens with two attached hydrogens (primary N) is 1. The summed E-state index contributed by atoms with van der Waals surface area (Å²) in [4.78, 5) is 24.0. The molecule has 1 unspecified atom stereocenters. The third kappa shape index (κ3) is 3.10. The Morgan fingerprint density at radius 2 is 1.91 bits per heavy atom. The van der Waals surface area contributed by atoms with Gasteiger partial charge >= 0.3 is 5.97 Å². The molecule has 8 nitrogen and oxygen atoms in total. The lowest BCUT2D eigenvalue weighted by Gasteiger charge is -2.24. The van der Waals surface area contributed by atoms with E-state index < -0.39 is 27.3 Å². The van der Waals surface area contributed by atoms with Gasteiger partial charge in [0.05, 0.1) is 11.4 Å². The number of esters is 1. The minimum Gasteiger partial charge on any atom is -0.441 e. The van der Waals surface area contributed by atoms with Crippen LogP contribution in [0.4, 0.5) is 0 Å². The number of carbonyl (C=O) groups excluding carboxylic acids is 2. The fourth-order valence-corrected chi connectivity index (χ4v) is 2.89. The summed E-state index contributed by atoms with van der Waals surface area (Å²) < 4.78 is 28.2. The van der Waals surface area contributed by atoms with Crippen molar-refractivity contribution < 1.29 is 22.7 Å². The van der Waals surface area contributed by atoms with Crippen molar-refractivity contribution in [2.24, 2.45) is 10.8 Å². The molecular weight excluding hydrogens is 322 g/mol. The zero-order valence-corrected chi connectivity index (χ0v) is 13.8. The van der Waals surface area contributed by atoms with Crippen LogP contribution in [0, 0.1) is 0 Å². The molecule has 124 valence electrons. The minimum atomic E-state index is -3.34. The minimum absolute atomic E-state index is 0.139. The Balaban J connectivity index is 2.45. The lowest BCUT2D eigenvalue weighted by atomic mass is 9.93. The van der Waals surface area contributed by atoms with Crippen LogP contribution in [-0.4, -0.2) is 56.5 Å². The summed E-state index contributed by atoms with van der Waals surface area (Å²) in [7, 11) is -1.90. The molecule has 2 rings (SSSR count). The maximum absolute atomic E-state index is 12.3. The van der Waals surface area contributed by atoms with Gasteiger partial charge in [0, 0.05) is 18.9 Å². The predicted molar refractivity (Wildman–Crippen MR) is 82.4 cm³/mol. The molecule has 1 aliphatic heterocycles. The highest BCUT2D eigenvalue weighted by molar-refractivity contribution is 7.90. The maximum Gasteiger partial charge on any atom is 0.321 e. The molecule has 0 aliphatic carbocycles. The monoisotopic (exact) mass is 339 g/mol. The van der Waals surface area contributed by atoms with Crippen molar-refractivity contribution in [2.45, 2.75) is 17.4 Å². The molecule has 0 radical (unpaired) electrons. The Morgan fingerprint density at radius 1 is 1.35 bits per heavy atom. The molecule has 0 saturated carbocycles. The number of hydrogen-bond donors (Lipinski definition) is 1. The Bertz CT molecular complexity index is 785. The highest BCUT2D eigenvalue weighted by atomic mass is 32.2. The van der Waals surface area contributed by atoms with Crippen LogP contribution in [0.3, 0.4) is 0 Å². The topological polar surface area (TPSA) is 119 Å². The first-order valence-corrected chi connectivity index (χ1v) is 8.58. The first-order chi connectivity index (χ1) is 10.6. The third-order valence-corrected chi connectivity index (χ3v) is 4.57. The number of hydrazone groups is 1. The normalized spacial score (nSPS) is 21.3. The number of nitrogens with zero attached hydrogens (tertiary/aromatic N) is 2.